The van der Waals surface area contributed by atoms with Gasteiger partial charge in [-0.3, -0.25) is 14.7 Å². The maximum atomic E-state index is 13.0. The monoisotopic (exact) mass is 573 g/mol. The van der Waals surface area contributed by atoms with Crippen LogP contribution >= 0.6 is 46.4 Å². The number of hydrogen-bond acceptors (Lipinski definition) is 4. The number of carbonyl (C=O) groups is 1. The van der Waals surface area contributed by atoms with E-state index in [0.717, 1.165) is 11.1 Å². The van der Waals surface area contributed by atoms with Gasteiger partial charge in [0, 0.05) is 15.1 Å². The summed E-state index contributed by atoms with van der Waals surface area (Å²) in [4.78, 5) is 19.4. The Morgan fingerprint density at radius 2 is 1.59 bits per heavy atom. The third kappa shape index (κ3) is 5.44. The Balaban J connectivity index is 1.96. The smallest absolute Gasteiger partial charge is 0.322 e. The zero-order valence-corrected chi connectivity index (χ0v) is 23.3. The molecule has 0 saturated carbocycles. The van der Waals surface area contributed by atoms with Gasteiger partial charge in [-0.25, -0.2) is 0 Å². The van der Waals surface area contributed by atoms with Gasteiger partial charge in [-0.1, -0.05) is 59.1 Å². The van der Waals surface area contributed by atoms with Gasteiger partial charge in [0.2, 0.25) is 0 Å². The van der Waals surface area contributed by atoms with Crippen molar-refractivity contribution in [3.05, 3.63) is 98.0 Å². The van der Waals surface area contributed by atoms with Crippen molar-refractivity contribution in [1.29, 1.82) is 5.26 Å². The maximum absolute atomic E-state index is 13.0. The molecule has 37 heavy (non-hydrogen) atoms. The van der Waals surface area contributed by atoms with E-state index >= 15 is 0 Å². The Morgan fingerprint density at radius 1 is 1.03 bits per heavy atom. The number of rotatable bonds is 6. The highest BCUT2D eigenvalue weighted by Crippen LogP contribution is 2.46. The van der Waals surface area contributed by atoms with E-state index in [9.17, 15) is 10.1 Å². The van der Waals surface area contributed by atoms with Gasteiger partial charge in [0.15, 0.2) is 0 Å². The number of nitriles is 1. The molecule has 0 unspecified atom stereocenters. The van der Waals surface area contributed by atoms with E-state index < -0.39 is 22.9 Å². The second kappa shape index (κ2) is 10.9. The lowest BCUT2D eigenvalue weighted by atomic mass is 9.85. The molecule has 0 fully saturated rings. The van der Waals surface area contributed by atoms with Crippen LogP contribution in [-0.2, 0) is 5.41 Å². The third-order valence-corrected chi connectivity index (χ3v) is 7.24. The van der Waals surface area contributed by atoms with Crippen LogP contribution in [0.25, 0.3) is 0 Å². The molecule has 3 aromatic carbocycles. The summed E-state index contributed by atoms with van der Waals surface area (Å²) in [5, 5.41) is 10.5. The molecule has 1 heterocycles. The number of benzene rings is 3. The largest absolute Gasteiger partial charge is 0.493 e. The highest BCUT2D eigenvalue weighted by molar-refractivity contribution is 6.64. The predicted octanol–water partition coefficient (Wildman–Crippen LogP) is 8.75. The van der Waals surface area contributed by atoms with E-state index in [2.05, 4.69) is 6.07 Å². The van der Waals surface area contributed by atoms with Crippen LogP contribution in [0.3, 0.4) is 0 Å². The predicted molar refractivity (Wildman–Crippen MR) is 149 cm³/mol. The average Bonchev–Trinajstić information content (AvgIpc) is 3.26. The van der Waals surface area contributed by atoms with E-state index in [1.165, 1.54) is 4.90 Å². The van der Waals surface area contributed by atoms with Crippen LogP contribution in [0.5, 0.6) is 5.75 Å². The van der Waals surface area contributed by atoms with Gasteiger partial charge in [-0.2, -0.15) is 5.26 Å². The average molecular weight is 575 g/mol. The molecular weight excluding hydrogens is 552 g/mol. The molecule has 3 aromatic rings. The first-order valence-corrected chi connectivity index (χ1v) is 13.0. The summed E-state index contributed by atoms with van der Waals surface area (Å²) < 4.78 is 5.96. The van der Waals surface area contributed by atoms with Crippen molar-refractivity contribution in [3.63, 3.8) is 0 Å². The lowest BCUT2D eigenvalue weighted by Crippen LogP contribution is -2.34. The van der Waals surface area contributed by atoms with Crippen LogP contribution in [-0.4, -0.2) is 22.7 Å². The molecule has 190 valence electrons. The fourth-order valence-corrected chi connectivity index (χ4v) is 5.22. The zero-order chi connectivity index (χ0) is 26.9. The Morgan fingerprint density at radius 3 is 2.11 bits per heavy atom. The van der Waals surface area contributed by atoms with Crippen molar-refractivity contribution >= 4 is 57.6 Å². The molecule has 2 atom stereocenters. The van der Waals surface area contributed by atoms with Crippen LogP contribution in [0, 0.1) is 11.3 Å². The first-order valence-electron chi connectivity index (χ1n) is 11.5. The molecule has 0 N–H and O–H groups in total. The summed E-state index contributed by atoms with van der Waals surface area (Å²) in [7, 11) is 0. The topological polar surface area (TPSA) is 65.7 Å². The Bertz CT molecular complexity index is 1400. The summed E-state index contributed by atoms with van der Waals surface area (Å²) in [5.74, 6) is 0.755. The second-order valence-corrected chi connectivity index (χ2v) is 10.7. The van der Waals surface area contributed by atoms with E-state index in [0.29, 0.717) is 44.4 Å². The Labute approximate surface area is 236 Å². The molecule has 0 saturated heterocycles. The van der Waals surface area contributed by atoms with Gasteiger partial charge < -0.3 is 4.74 Å². The minimum absolute atomic E-state index is 0.312. The normalized spacial score (nSPS) is 17.4. The molecule has 0 spiro atoms. The summed E-state index contributed by atoms with van der Waals surface area (Å²) in [6.07, 6.45) is 0. The summed E-state index contributed by atoms with van der Waals surface area (Å²) >= 11 is 25.2. The van der Waals surface area contributed by atoms with Gasteiger partial charge in [-0.15, -0.1) is 0 Å². The highest BCUT2D eigenvalue weighted by Gasteiger charge is 2.43. The van der Waals surface area contributed by atoms with Crippen molar-refractivity contribution in [2.24, 2.45) is 4.99 Å². The van der Waals surface area contributed by atoms with Crippen LogP contribution in [0.15, 0.2) is 65.7 Å². The molecule has 4 rings (SSSR count). The molecule has 0 aliphatic carbocycles. The Hall–Kier alpha value is -2.75. The molecule has 0 bridgehead atoms. The van der Waals surface area contributed by atoms with E-state index in [-0.39, 0.29) is 0 Å². The number of aliphatic imine (C=N–C) groups is 1. The van der Waals surface area contributed by atoms with Gasteiger partial charge >= 0.3 is 5.37 Å². The van der Waals surface area contributed by atoms with Crippen molar-refractivity contribution in [2.45, 2.75) is 38.3 Å². The molecule has 0 radical (unpaired) electrons. The van der Waals surface area contributed by atoms with Gasteiger partial charge in [0.1, 0.15) is 17.6 Å². The highest BCUT2D eigenvalue weighted by atomic mass is 35.5. The van der Waals surface area contributed by atoms with E-state index in [4.69, 9.17) is 56.1 Å². The second-order valence-electron chi connectivity index (χ2n) is 9.07. The number of hydrogen-bond donors (Lipinski definition) is 0. The first-order chi connectivity index (χ1) is 17.6. The lowest BCUT2D eigenvalue weighted by molar-refractivity contribution is 0.231. The number of ether oxygens (including phenoxy) is 1. The number of amides is 1. The zero-order valence-electron chi connectivity index (χ0n) is 20.3. The maximum Gasteiger partial charge on any atom is 0.322 e. The molecule has 1 aliphatic rings. The SMILES string of the molecule is CCOc1cc(C(C)(C)C#N)c(Cl)cc1C1=N[C@@H](c2ccc(Cl)cc2)[C@@H](c2ccc(Cl)cc2)N1C(=O)Cl. The fraction of sp³-hybridized carbons (Fsp3) is 0.250. The molecule has 1 amide bonds. The number of carbonyl (C=O) groups excluding carboxylic acids is 1. The fourth-order valence-electron chi connectivity index (χ4n) is 4.38. The van der Waals surface area contributed by atoms with Crippen molar-refractivity contribution in [3.8, 4) is 11.8 Å². The van der Waals surface area contributed by atoms with Gasteiger partial charge in [-0.05, 0) is 85.5 Å². The van der Waals surface area contributed by atoms with Gasteiger partial charge in [0.05, 0.1) is 29.7 Å². The van der Waals surface area contributed by atoms with E-state index in [1.807, 2.05) is 31.2 Å². The number of halogens is 4. The Kier molecular flexibility index (Phi) is 8.06. The summed E-state index contributed by atoms with van der Waals surface area (Å²) in [6.45, 7) is 5.75. The quantitative estimate of drug-likeness (QED) is 0.218. The minimum Gasteiger partial charge on any atom is -0.493 e. The molecule has 1 aliphatic heterocycles. The van der Waals surface area contributed by atoms with Crippen LogP contribution in [0.2, 0.25) is 15.1 Å². The van der Waals surface area contributed by atoms with Crippen LogP contribution < -0.4 is 4.74 Å². The lowest BCUT2D eigenvalue weighted by Gasteiger charge is -2.28. The van der Waals surface area contributed by atoms with Gasteiger partial charge in [0.25, 0.3) is 0 Å². The van der Waals surface area contributed by atoms with Crippen LogP contribution in [0.4, 0.5) is 4.79 Å². The summed E-state index contributed by atoms with van der Waals surface area (Å²) in [6, 6.07) is 19.1. The molecule has 9 heteroatoms. The summed E-state index contributed by atoms with van der Waals surface area (Å²) in [5.41, 5.74) is 1.87. The van der Waals surface area contributed by atoms with Crippen molar-refractivity contribution < 1.29 is 9.53 Å². The minimum atomic E-state index is -0.862. The molecular formula is C28H23Cl4N3O2. The third-order valence-electron chi connectivity index (χ3n) is 6.24. The van der Waals surface area contributed by atoms with Crippen molar-refractivity contribution in [2.75, 3.05) is 6.61 Å². The number of nitrogens with zero attached hydrogens (tertiary/aromatic N) is 3. The number of amidine groups is 1. The first kappa shape index (κ1) is 27.3. The molecule has 5 nitrogen and oxygen atoms in total. The molecule has 0 aromatic heterocycles. The van der Waals surface area contributed by atoms with Crippen molar-refractivity contribution in [1.82, 2.24) is 4.90 Å². The van der Waals surface area contributed by atoms with Crippen LogP contribution in [0.1, 0.15) is 55.1 Å². The standard InChI is InChI=1S/C28H23Cl4N3O2/c1-4-37-23-14-21(28(2,3)15-33)22(31)13-20(23)26-34-24(16-5-9-18(29)10-6-16)25(35(26)27(32)36)17-7-11-19(30)12-8-17/h5-14,24-25H,4H2,1-3H3/t24-,25+/m0/s1. The van der Waals surface area contributed by atoms with E-state index in [1.54, 1.807) is 50.2 Å².